The minimum absolute atomic E-state index is 0.0132. The van der Waals surface area contributed by atoms with Crippen LogP contribution >= 0.6 is 98.5 Å². The lowest BCUT2D eigenvalue weighted by Crippen LogP contribution is -2.22. The number of pyridine rings is 2. The Labute approximate surface area is 566 Å². The van der Waals surface area contributed by atoms with Gasteiger partial charge < -0.3 is 38.6 Å². The molecule has 0 fully saturated rings. The molecule has 28 heteroatoms. The Morgan fingerprint density at radius 2 is 0.978 bits per heavy atom. The van der Waals surface area contributed by atoms with Crippen molar-refractivity contribution < 1.29 is 62.6 Å². The van der Waals surface area contributed by atoms with Gasteiger partial charge in [-0.25, -0.2) is 24.4 Å². The predicted molar refractivity (Wildman–Crippen MR) is 354 cm³/mol. The summed E-state index contributed by atoms with van der Waals surface area (Å²) in [5.41, 5.74) is 7.53. The van der Waals surface area contributed by atoms with Gasteiger partial charge in [-0.3, -0.25) is 38.7 Å². The number of alkyl halides is 2. The first-order valence-electron chi connectivity index (χ1n) is 27.8. The fraction of sp³-hybridized carbons (Fsp3) is 0.426. The molecule has 3 unspecified atom stereocenters. The number of carbonyl (C=O) groups is 5. The summed E-state index contributed by atoms with van der Waals surface area (Å²) in [7, 11) is 0. The molecule has 0 amide bonds. The number of nitrogens with zero attached hydrogens (tertiary/aromatic N) is 8. The summed E-state index contributed by atoms with van der Waals surface area (Å²) in [6, 6.07) is 18.2. The maximum Gasteiger partial charge on any atom is 0.511 e. The van der Waals surface area contributed by atoms with Crippen LogP contribution in [0.25, 0.3) is 11.4 Å². The topological polar surface area (TPSA) is 267 Å². The van der Waals surface area contributed by atoms with Crippen molar-refractivity contribution in [3.05, 3.63) is 149 Å². The largest absolute Gasteiger partial charge is 0.511 e. The van der Waals surface area contributed by atoms with Crippen molar-refractivity contribution in [3.8, 4) is 11.4 Å². The minimum atomic E-state index is -0.875. The number of ether oxygens (including phenoxy) is 6. The second-order valence-corrected chi connectivity index (χ2v) is 24.9. The monoisotopic (exact) mass is 1540 g/mol. The van der Waals surface area contributed by atoms with Gasteiger partial charge in [0.1, 0.15) is 35.9 Å². The van der Waals surface area contributed by atoms with Gasteiger partial charge in [0.25, 0.3) is 0 Å². The molecule has 6 heterocycles. The molecule has 0 radical (unpaired) electrons. The summed E-state index contributed by atoms with van der Waals surface area (Å²) < 4.78 is 35.9. The van der Waals surface area contributed by atoms with Crippen LogP contribution in [0.4, 0.5) is 14.4 Å². The van der Waals surface area contributed by atoms with Gasteiger partial charge in [-0.1, -0.05) is 76.9 Å². The summed E-state index contributed by atoms with van der Waals surface area (Å²) in [6.07, 6.45) is 5.61. The van der Waals surface area contributed by atoms with E-state index in [9.17, 15) is 29.1 Å². The van der Waals surface area contributed by atoms with Crippen LogP contribution in [0.15, 0.2) is 113 Å². The molecule has 4 aromatic heterocycles. The molecule has 0 aliphatic carbocycles. The number of aryl methyl sites for hydroxylation is 2. The van der Waals surface area contributed by atoms with Crippen molar-refractivity contribution in [2.75, 3.05) is 18.9 Å². The number of aliphatic imine (C=N–C) groups is 2. The summed E-state index contributed by atoms with van der Waals surface area (Å²) >= 11 is 29.1. The third kappa shape index (κ3) is 23.4. The molecule has 5 atom stereocenters. The van der Waals surface area contributed by atoms with Gasteiger partial charge in [-0.2, -0.15) is 0 Å². The average Bonchev–Trinajstić information content (AvgIpc) is 1.67. The van der Waals surface area contributed by atoms with E-state index < -0.39 is 42.5 Å². The maximum atomic E-state index is 12.5. The van der Waals surface area contributed by atoms with Crippen molar-refractivity contribution in [2.45, 2.75) is 132 Å². The molecule has 0 bridgehead atoms. The first kappa shape index (κ1) is 75.7. The van der Waals surface area contributed by atoms with Gasteiger partial charge in [-0.15, -0.1) is 0 Å². The van der Waals surface area contributed by atoms with Gasteiger partial charge in [-0.05, 0) is 177 Å². The van der Waals surface area contributed by atoms with Crippen LogP contribution in [0.2, 0.25) is 0 Å². The van der Waals surface area contributed by atoms with Crippen molar-refractivity contribution >= 4 is 140 Å². The van der Waals surface area contributed by atoms with E-state index >= 15 is 0 Å². The van der Waals surface area contributed by atoms with Crippen LogP contribution in [0.1, 0.15) is 146 Å². The molecule has 2 aliphatic heterocycles. The number of carbonyl (C=O) groups excluding carboxylic acids is 4. The second kappa shape index (κ2) is 37.5. The third-order valence-electron chi connectivity index (χ3n) is 13.4. The fourth-order valence-corrected chi connectivity index (χ4v) is 9.31. The lowest BCUT2D eigenvalue weighted by Gasteiger charge is -2.16. The molecule has 2 aliphatic rings. The lowest BCUT2D eigenvalue weighted by molar-refractivity contribution is -0.154. The normalized spacial score (nSPS) is 14.4. The zero-order valence-electron chi connectivity index (χ0n) is 50.8. The molecule has 482 valence electrons. The Balaban J connectivity index is 0.000000287. The maximum absolute atomic E-state index is 12.5. The Morgan fingerprint density at radius 3 is 1.33 bits per heavy atom. The zero-order chi connectivity index (χ0) is 66.2. The van der Waals surface area contributed by atoms with Gasteiger partial charge in [0.15, 0.2) is 12.1 Å². The second-order valence-electron chi connectivity index (χ2n) is 20.8. The van der Waals surface area contributed by atoms with E-state index in [0.29, 0.717) is 36.0 Å². The first-order chi connectivity index (χ1) is 42.1. The molecule has 89 heavy (non-hydrogen) atoms. The van der Waals surface area contributed by atoms with E-state index in [1.807, 2.05) is 116 Å². The molecular weight excluding hydrogens is 1480 g/mol. The van der Waals surface area contributed by atoms with Gasteiger partial charge in [0, 0.05) is 89.6 Å². The standard InChI is InChI=1S/C27H28Br2N4O5.C20H16Br2N4O2.C7H13ClO3.C5H12O.C2H2Cl2O2/c1-15(2)17(4)38-27(35)37-14-36-24(34)9-8-22-26-31-13-16(3)33(26)23-12-20(29)19(28)11-18(23)25(32-22)21-7-5-6-10-30-21;1-11-10-24-20-16(5-6-18(27)28)25-19(15-4-2-3-7-23-15)12-8-13(21)14(22)9-17(12)26(11)20;1-5(2)6(3)11-7(9)10-4-8;1-4(2)5(3)6;3-1-6-2(4)5/h5-7,10-13,15,17,22H,8-9,14H2,1-4H3;2-4,7-10,16H,5-6H2,1H3,(H,27,28);5-6H,4H2,1-3H3;4-6H,1-3H3;1H2/t17?,22-;16-;;;/m00.../s1. The van der Waals surface area contributed by atoms with Gasteiger partial charge in [0.05, 0.1) is 40.3 Å². The Kier molecular flexibility index (Phi) is 31.9. The smallest absolute Gasteiger partial charge is 0.481 e. The molecule has 21 nitrogen and oxygen atoms in total. The highest BCUT2D eigenvalue weighted by molar-refractivity contribution is 9.13. The predicted octanol–water partition coefficient (Wildman–Crippen LogP) is 16.3. The third-order valence-corrected chi connectivity index (χ3v) is 17.4. The lowest BCUT2D eigenvalue weighted by atomic mass is 10.0. The molecule has 0 saturated carbocycles. The van der Waals surface area contributed by atoms with Gasteiger partial charge in [0.2, 0.25) is 6.79 Å². The zero-order valence-corrected chi connectivity index (χ0v) is 59.4. The van der Waals surface area contributed by atoms with Crippen molar-refractivity contribution in [3.63, 3.8) is 0 Å². The van der Waals surface area contributed by atoms with Crippen LogP contribution < -0.4 is 0 Å². The number of rotatable bonds is 17. The van der Waals surface area contributed by atoms with Crippen LogP contribution in [0.3, 0.4) is 0 Å². The summed E-state index contributed by atoms with van der Waals surface area (Å²) in [5, 5.41) is 17.8. The number of halogens is 7. The molecule has 0 saturated heterocycles. The number of carboxylic acid groups (broad SMARTS) is 1. The quantitative estimate of drug-likeness (QED) is 0.0282. The Hall–Kier alpha value is -5.80. The minimum Gasteiger partial charge on any atom is -0.481 e. The number of hydrogen-bond donors (Lipinski definition) is 2. The van der Waals surface area contributed by atoms with Crippen molar-refractivity contribution in [1.29, 1.82) is 0 Å². The molecule has 2 aromatic carbocycles. The SMILES string of the molecule is CC(C)C(C)O.CC(C)C(C)OC(=O)OCCl.Cc1cnc2n1-c1cc(Br)c(Br)cc1C(c1ccccn1)=N[C@H]2CCC(=O)O.Cc1cnc2n1-c1cc(Br)c(Br)cc1C(c1ccccn1)=N[C@H]2CCC(=O)OCOC(=O)OC(C)C(C)C.O=C(Cl)OCCl. The first-order valence-corrected chi connectivity index (χ1v) is 32.4. The highest BCUT2D eigenvalue weighted by Gasteiger charge is 2.31. The number of aliphatic hydroxyl groups excluding tert-OH is 1. The number of hydrogen-bond acceptors (Lipinski definition) is 18. The van der Waals surface area contributed by atoms with E-state index in [1.165, 1.54) is 0 Å². The number of carboxylic acids is 1. The summed E-state index contributed by atoms with van der Waals surface area (Å²) in [5.74, 6) is 0.913. The molecule has 0 spiro atoms. The molecule has 8 rings (SSSR count). The number of imidazole rings is 2. The van der Waals surface area contributed by atoms with E-state index in [4.69, 9.17) is 57.2 Å². The van der Waals surface area contributed by atoms with Crippen molar-refractivity contribution in [1.82, 2.24) is 29.1 Å². The Bertz CT molecular complexity index is 3380. The fourth-order valence-electron chi connectivity index (χ4n) is 7.66. The number of aliphatic hydroxyl groups is 1. The molecule has 2 N–H and O–H groups in total. The van der Waals surface area contributed by atoms with Crippen LogP contribution in [-0.4, -0.2) is 118 Å². The number of aliphatic carboxylic acids is 1. The number of aromatic nitrogens is 6. The highest BCUT2D eigenvalue weighted by atomic mass is 79.9. The van der Waals surface area contributed by atoms with Crippen molar-refractivity contribution in [2.24, 2.45) is 27.7 Å². The van der Waals surface area contributed by atoms with Crippen LogP contribution in [0.5, 0.6) is 0 Å². The number of fused-ring (bicyclic) bond motifs is 6. The summed E-state index contributed by atoms with van der Waals surface area (Å²) in [6.45, 7) is 20.6. The Morgan fingerprint density at radius 1 is 0.573 bits per heavy atom. The van der Waals surface area contributed by atoms with E-state index in [0.717, 1.165) is 69.0 Å². The number of esters is 1. The highest BCUT2D eigenvalue weighted by Crippen LogP contribution is 2.39. The van der Waals surface area contributed by atoms with Gasteiger partial charge >= 0.3 is 29.7 Å². The molecular formula is C61H71Br4Cl3N8O13. The number of benzene rings is 2. The van der Waals surface area contributed by atoms with E-state index in [-0.39, 0.29) is 61.2 Å². The van der Waals surface area contributed by atoms with E-state index in [2.05, 4.69) is 114 Å². The average molecular weight is 1550 g/mol. The summed E-state index contributed by atoms with van der Waals surface area (Å²) in [4.78, 5) is 83.9. The van der Waals surface area contributed by atoms with E-state index in [1.54, 1.807) is 45.6 Å². The van der Waals surface area contributed by atoms with Crippen LogP contribution in [0, 0.1) is 31.6 Å². The molecule has 6 aromatic rings. The van der Waals surface area contributed by atoms with Crippen LogP contribution in [-0.2, 0) is 38.0 Å².